The second kappa shape index (κ2) is 3.58. The molecule has 1 saturated carbocycles. The molecule has 2 aliphatic rings. The molecule has 0 spiro atoms. The van der Waals surface area contributed by atoms with Gasteiger partial charge >= 0.3 is 0 Å². The lowest BCUT2D eigenvalue weighted by Gasteiger charge is -2.13. The van der Waals surface area contributed by atoms with Gasteiger partial charge in [-0.1, -0.05) is 24.3 Å². The highest BCUT2D eigenvalue weighted by Gasteiger charge is 2.46. The predicted octanol–water partition coefficient (Wildman–Crippen LogP) is 2.37. The molecule has 0 aromatic heterocycles. The van der Waals surface area contributed by atoms with Crippen molar-refractivity contribution in [2.24, 2.45) is 5.73 Å². The maximum absolute atomic E-state index is 12.1. The summed E-state index contributed by atoms with van der Waals surface area (Å²) in [6.45, 7) is 0. The van der Waals surface area contributed by atoms with E-state index in [1.54, 1.807) is 0 Å². The van der Waals surface area contributed by atoms with Gasteiger partial charge < -0.3 is 11.1 Å². The fourth-order valence-electron chi connectivity index (χ4n) is 2.96. The van der Waals surface area contributed by atoms with Crippen molar-refractivity contribution in [1.29, 1.82) is 0 Å². The Bertz CT molecular complexity index is 691. The second-order valence-electron chi connectivity index (χ2n) is 5.72. The molecule has 0 aliphatic heterocycles. The molecule has 0 bridgehead atoms. The molecule has 2 aromatic carbocycles. The Balaban J connectivity index is 1.81. The van der Waals surface area contributed by atoms with Crippen molar-refractivity contribution in [2.45, 2.75) is 31.2 Å². The normalized spacial score (nSPS) is 18.6. The first kappa shape index (κ1) is 11.0. The van der Waals surface area contributed by atoms with Crippen molar-refractivity contribution in [2.75, 3.05) is 5.32 Å². The molecule has 3 N–H and O–H groups in total. The second-order valence-corrected chi connectivity index (χ2v) is 5.72. The fourth-order valence-corrected chi connectivity index (χ4v) is 2.96. The van der Waals surface area contributed by atoms with Gasteiger partial charge in [0.05, 0.1) is 5.54 Å². The van der Waals surface area contributed by atoms with Gasteiger partial charge in [-0.3, -0.25) is 4.79 Å². The number of hydrogen-bond donors (Lipinski definition) is 2. The topological polar surface area (TPSA) is 55.1 Å². The zero-order valence-electron chi connectivity index (χ0n) is 10.7. The summed E-state index contributed by atoms with van der Waals surface area (Å²) >= 11 is 0. The summed E-state index contributed by atoms with van der Waals surface area (Å²) in [7, 11) is 0. The fraction of sp³-hybridized carbons (Fsp3) is 0.312. The van der Waals surface area contributed by atoms with E-state index in [4.69, 9.17) is 5.73 Å². The summed E-state index contributed by atoms with van der Waals surface area (Å²) in [6, 6.07) is 10.5. The lowest BCUT2D eigenvalue weighted by molar-refractivity contribution is -0.118. The van der Waals surface area contributed by atoms with E-state index < -0.39 is 5.54 Å². The molecule has 2 aromatic rings. The molecule has 0 unspecified atom stereocenters. The van der Waals surface area contributed by atoms with E-state index in [-0.39, 0.29) is 5.91 Å². The summed E-state index contributed by atoms with van der Waals surface area (Å²) in [6.07, 6.45) is 3.79. The van der Waals surface area contributed by atoms with Gasteiger partial charge in [-0.15, -0.1) is 0 Å². The minimum absolute atomic E-state index is 0.0498. The maximum atomic E-state index is 12.1. The van der Waals surface area contributed by atoms with Crippen molar-refractivity contribution in [3.8, 4) is 0 Å². The highest BCUT2D eigenvalue weighted by Crippen LogP contribution is 2.37. The van der Waals surface area contributed by atoms with Crippen LogP contribution in [0.15, 0.2) is 30.3 Å². The van der Waals surface area contributed by atoms with E-state index in [1.807, 2.05) is 6.07 Å². The van der Waals surface area contributed by atoms with Crippen molar-refractivity contribution in [3.63, 3.8) is 0 Å². The summed E-state index contributed by atoms with van der Waals surface area (Å²) in [5.74, 6) is -0.0498. The van der Waals surface area contributed by atoms with Crippen LogP contribution in [0.1, 0.15) is 24.0 Å². The molecule has 3 heteroatoms. The van der Waals surface area contributed by atoms with Gasteiger partial charge in [0.25, 0.3) is 0 Å². The molecule has 3 nitrogen and oxygen atoms in total. The third kappa shape index (κ3) is 1.58. The minimum atomic E-state index is -0.622. The van der Waals surface area contributed by atoms with Crippen LogP contribution in [0.2, 0.25) is 0 Å². The Morgan fingerprint density at radius 3 is 2.58 bits per heavy atom. The zero-order valence-corrected chi connectivity index (χ0v) is 10.7. The lowest BCUT2D eigenvalue weighted by atomic mass is 10.0. The van der Waals surface area contributed by atoms with E-state index in [0.717, 1.165) is 36.8 Å². The largest absolute Gasteiger partial charge is 0.324 e. The Hall–Kier alpha value is -1.87. The molecule has 19 heavy (non-hydrogen) atoms. The van der Waals surface area contributed by atoms with Gasteiger partial charge in [0.1, 0.15) is 0 Å². The van der Waals surface area contributed by atoms with Crippen LogP contribution in [0.3, 0.4) is 0 Å². The molecule has 96 valence electrons. The van der Waals surface area contributed by atoms with Gasteiger partial charge in [-0.2, -0.15) is 0 Å². The number of carbonyl (C=O) groups excluding carboxylic acids is 1. The Kier molecular flexibility index (Phi) is 2.07. The Morgan fingerprint density at radius 2 is 1.84 bits per heavy atom. The molecule has 0 radical (unpaired) electrons. The average Bonchev–Trinajstić information content (AvgIpc) is 3.04. The Labute approximate surface area is 111 Å². The molecule has 4 rings (SSSR count). The molecular weight excluding hydrogens is 236 g/mol. The lowest BCUT2D eigenvalue weighted by Crippen LogP contribution is -2.37. The third-order valence-corrected chi connectivity index (χ3v) is 4.37. The van der Waals surface area contributed by atoms with Gasteiger partial charge in [0.15, 0.2) is 0 Å². The first-order valence-corrected chi connectivity index (χ1v) is 6.81. The standard InChI is InChI=1S/C16H16N2O/c17-16(8-9-16)15(19)18-13-7-6-11-5-4-10-2-1-3-12(13)14(10)11/h1-3,6-7H,4-5,8-9,17H2,(H,18,19). The van der Waals surface area contributed by atoms with Crippen LogP contribution in [-0.4, -0.2) is 11.4 Å². The highest BCUT2D eigenvalue weighted by molar-refractivity contribution is 6.08. The predicted molar refractivity (Wildman–Crippen MR) is 76.1 cm³/mol. The van der Waals surface area contributed by atoms with Crippen molar-refractivity contribution in [3.05, 3.63) is 41.5 Å². The average molecular weight is 252 g/mol. The molecular formula is C16H16N2O. The van der Waals surface area contributed by atoms with Crippen molar-refractivity contribution >= 4 is 22.4 Å². The SMILES string of the molecule is NC1(C(=O)Nc2ccc3c4c(cccc24)CC3)CC1. The smallest absolute Gasteiger partial charge is 0.244 e. The number of carbonyl (C=O) groups is 1. The van der Waals surface area contributed by atoms with Crippen LogP contribution in [0, 0.1) is 0 Å². The summed E-state index contributed by atoms with van der Waals surface area (Å²) in [5, 5.41) is 5.47. The number of benzene rings is 2. The van der Waals surface area contributed by atoms with Crippen LogP contribution in [-0.2, 0) is 17.6 Å². The maximum Gasteiger partial charge on any atom is 0.244 e. The highest BCUT2D eigenvalue weighted by atomic mass is 16.2. The van der Waals surface area contributed by atoms with Crippen molar-refractivity contribution < 1.29 is 4.79 Å². The van der Waals surface area contributed by atoms with E-state index in [9.17, 15) is 4.79 Å². The van der Waals surface area contributed by atoms with E-state index in [0.29, 0.717) is 0 Å². The zero-order chi connectivity index (χ0) is 13.0. The molecule has 0 atom stereocenters. The molecule has 0 saturated heterocycles. The van der Waals surface area contributed by atoms with E-state index >= 15 is 0 Å². The Morgan fingerprint density at radius 1 is 1.11 bits per heavy atom. The third-order valence-electron chi connectivity index (χ3n) is 4.37. The monoisotopic (exact) mass is 252 g/mol. The molecule has 1 fully saturated rings. The number of anilines is 1. The number of amides is 1. The van der Waals surface area contributed by atoms with Crippen molar-refractivity contribution in [1.82, 2.24) is 0 Å². The molecule has 1 amide bonds. The summed E-state index contributed by atoms with van der Waals surface area (Å²) in [5.41, 5.74) is 8.99. The van der Waals surface area contributed by atoms with E-state index in [2.05, 4.69) is 29.6 Å². The number of nitrogens with one attached hydrogen (secondary N) is 1. The van der Waals surface area contributed by atoms with Crippen LogP contribution < -0.4 is 11.1 Å². The van der Waals surface area contributed by atoms with Crippen LogP contribution in [0.25, 0.3) is 10.8 Å². The van der Waals surface area contributed by atoms with Gasteiger partial charge in [-0.05, 0) is 48.3 Å². The summed E-state index contributed by atoms with van der Waals surface area (Å²) < 4.78 is 0. The number of nitrogens with two attached hydrogens (primary N) is 1. The van der Waals surface area contributed by atoms with Crippen LogP contribution >= 0.6 is 0 Å². The first-order chi connectivity index (χ1) is 9.17. The van der Waals surface area contributed by atoms with Gasteiger partial charge in [0.2, 0.25) is 5.91 Å². The summed E-state index contributed by atoms with van der Waals surface area (Å²) in [4.78, 5) is 12.1. The minimum Gasteiger partial charge on any atom is -0.324 e. The molecule has 2 aliphatic carbocycles. The van der Waals surface area contributed by atoms with Crippen LogP contribution in [0.5, 0.6) is 0 Å². The number of aryl methyl sites for hydroxylation is 2. The van der Waals surface area contributed by atoms with Gasteiger partial charge in [-0.25, -0.2) is 0 Å². The molecule has 0 heterocycles. The first-order valence-electron chi connectivity index (χ1n) is 6.81. The number of rotatable bonds is 2. The quantitative estimate of drug-likeness (QED) is 0.862. The number of hydrogen-bond acceptors (Lipinski definition) is 2. The van der Waals surface area contributed by atoms with E-state index in [1.165, 1.54) is 16.5 Å². The van der Waals surface area contributed by atoms with Crippen LogP contribution in [0.4, 0.5) is 5.69 Å². The van der Waals surface area contributed by atoms with Gasteiger partial charge in [0, 0.05) is 11.1 Å².